The fourth-order valence-corrected chi connectivity index (χ4v) is 5.31. The van der Waals surface area contributed by atoms with Crippen LogP contribution in [0.1, 0.15) is 24.1 Å². The Kier molecular flexibility index (Phi) is 6.16. The zero-order chi connectivity index (χ0) is 23.9. The molecule has 1 saturated heterocycles. The molecule has 34 heavy (non-hydrogen) atoms. The molecule has 3 aromatic rings. The third kappa shape index (κ3) is 4.86. The molecule has 10 heteroatoms. The summed E-state index contributed by atoms with van der Waals surface area (Å²) < 4.78 is 55.2. The summed E-state index contributed by atoms with van der Waals surface area (Å²) in [5, 5.41) is 10.8. The summed E-state index contributed by atoms with van der Waals surface area (Å²) in [5.74, 6) is -0.103. The summed E-state index contributed by atoms with van der Waals surface area (Å²) in [4.78, 5) is 6.73. The molecule has 1 N–H and O–H groups in total. The lowest BCUT2D eigenvalue weighted by Gasteiger charge is -2.21. The second kappa shape index (κ2) is 9.11. The maximum absolute atomic E-state index is 13.9. The van der Waals surface area contributed by atoms with Crippen molar-refractivity contribution in [3.8, 4) is 11.3 Å². The molecular weight excluding hydrogens is 470 g/mol. The van der Waals surface area contributed by atoms with Gasteiger partial charge in [0.15, 0.2) is 5.82 Å². The normalized spacial score (nSPS) is 22.7. The number of hydrogen-bond donors (Lipinski definition) is 1. The van der Waals surface area contributed by atoms with Crippen molar-refractivity contribution >= 4 is 17.4 Å². The Morgan fingerprint density at radius 3 is 2.47 bits per heavy atom. The molecule has 0 spiro atoms. The van der Waals surface area contributed by atoms with Crippen LogP contribution in [0.3, 0.4) is 0 Å². The van der Waals surface area contributed by atoms with Crippen LogP contribution in [-0.4, -0.2) is 39.2 Å². The van der Waals surface area contributed by atoms with Crippen LogP contribution in [0.5, 0.6) is 0 Å². The molecule has 0 bridgehead atoms. The van der Waals surface area contributed by atoms with Gasteiger partial charge >= 0.3 is 6.18 Å². The van der Waals surface area contributed by atoms with Crippen molar-refractivity contribution in [3.63, 3.8) is 0 Å². The first kappa shape index (κ1) is 23.0. The van der Waals surface area contributed by atoms with Gasteiger partial charge in [-0.15, -0.1) is 10.2 Å². The second-order valence-electron chi connectivity index (χ2n) is 8.96. The number of alkyl halides is 3. The van der Waals surface area contributed by atoms with E-state index >= 15 is 0 Å². The molecular formula is C24H22ClF4N5. The van der Waals surface area contributed by atoms with E-state index in [0.717, 1.165) is 56.4 Å². The molecule has 0 amide bonds. The van der Waals surface area contributed by atoms with E-state index in [4.69, 9.17) is 11.6 Å². The molecule has 5 rings (SSSR count). The molecule has 1 unspecified atom stereocenters. The average molecular weight is 492 g/mol. The van der Waals surface area contributed by atoms with E-state index in [1.54, 1.807) is 6.20 Å². The van der Waals surface area contributed by atoms with E-state index in [1.807, 2.05) is 18.2 Å². The summed E-state index contributed by atoms with van der Waals surface area (Å²) in [6.45, 7) is 2.57. The molecule has 1 aromatic carbocycles. The number of nitrogens with zero attached hydrogens (tertiary/aromatic N) is 4. The Labute approximate surface area is 199 Å². The smallest absolute Gasteiger partial charge is 0.365 e. The van der Waals surface area contributed by atoms with E-state index < -0.39 is 17.6 Å². The molecule has 1 saturated carbocycles. The quantitative estimate of drug-likeness (QED) is 0.466. The molecule has 2 aliphatic rings. The SMILES string of the molecule is Fc1ccc(Cl)c(-c2cc(C(F)(F)F)c(NC3C[C@@H]4CN(Cc5ccccn5)C[C@@H]4C3)nn2)c1. The number of nitrogens with one attached hydrogen (secondary N) is 1. The lowest BCUT2D eigenvalue weighted by molar-refractivity contribution is -0.137. The third-order valence-corrected chi connectivity index (χ3v) is 6.91. The van der Waals surface area contributed by atoms with Gasteiger partial charge in [0, 0.05) is 37.4 Å². The van der Waals surface area contributed by atoms with Crippen LogP contribution in [0.25, 0.3) is 11.3 Å². The highest BCUT2D eigenvalue weighted by molar-refractivity contribution is 6.33. The Morgan fingerprint density at radius 1 is 1.03 bits per heavy atom. The maximum Gasteiger partial charge on any atom is 0.420 e. The highest BCUT2D eigenvalue weighted by Gasteiger charge is 2.42. The molecule has 5 nitrogen and oxygen atoms in total. The first-order chi connectivity index (χ1) is 16.3. The number of benzene rings is 1. The summed E-state index contributed by atoms with van der Waals surface area (Å²) >= 11 is 6.05. The van der Waals surface area contributed by atoms with E-state index in [1.165, 1.54) is 6.07 Å². The van der Waals surface area contributed by atoms with E-state index in [-0.39, 0.29) is 28.1 Å². The molecule has 3 atom stereocenters. The first-order valence-corrected chi connectivity index (χ1v) is 11.4. The lowest BCUT2D eigenvalue weighted by atomic mass is 10.0. The molecule has 2 aromatic heterocycles. The van der Waals surface area contributed by atoms with Crippen molar-refractivity contribution in [2.24, 2.45) is 11.8 Å². The summed E-state index contributed by atoms with van der Waals surface area (Å²) in [7, 11) is 0. The summed E-state index contributed by atoms with van der Waals surface area (Å²) in [6, 6.07) is 10.1. The van der Waals surface area contributed by atoms with Crippen molar-refractivity contribution < 1.29 is 17.6 Å². The Balaban J connectivity index is 1.29. The van der Waals surface area contributed by atoms with Gasteiger partial charge in [-0.3, -0.25) is 9.88 Å². The van der Waals surface area contributed by atoms with Crippen LogP contribution in [0.15, 0.2) is 48.7 Å². The van der Waals surface area contributed by atoms with Gasteiger partial charge in [-0.25, -0.2) is 4.39 Å². The van der Waals surface area contributed by atoms with Gasteiger partial charge in [0.2, 0.25) is 0 Å². The highest BCUT2D eigenvalue weighted by atomic mass is 35.5. The number of fused-ring (bicyclic) bond motifs is 1. The number of hydrogen-bond acceptors (Lipinski definition) is 5. The average Bonchev–Trinajstić information content (AvgIpc) is 3.33. The minimum Gasteiger partial charge on any atom is -0.365 e. The molecule has 1 aliphatic carbocycles. The van der Waals surface area contributed by atoms with Crippen molar-refractivity contribution in [1.82, 2.24) is 20.1 Å². The van der Waals surface area contributed by atoms with Crippen LogP contribution < -0.4 is 5.32 Å². The first-order valence-electron chi connectivity index (χ1n) is 11.1. The van der Waals surface area contributed by atoms with Gasteiger partial charge in [0.1, 0.15) is 11.4 Å². The molecule has 2 fully saturated rings. The largest absolute Gasteiger partial charge is 0.420 e. The maximum atomic E-state index is 13.9. The Morgan fingerprint density at radius 2 is 1.79 bits per heavy atom. The van der Waals surface area contributed by atoms with Crippen molar-refractivity contribution in [3.05, 3.63) is 70.8 Å². The van der Waals surface area contributed by atoms with E-state index in [2.05, 4.69) is 25.4 Å². The van der Waals surface area contributed by atoms with Gasteiger partial charge in [0.25, 0.3) is 0 Å². The van der Waals surface area contributed by atoms with Crippen molar-refractivity contribution in [2.45, 2.75) is 31.6 Å². The predicted octanol–water partition coefficient (Wildman–Crippen LogP) is 5.67. The lowest BCUT2D eigenvalue weighted by Crippen LogP contribution is -2.26. The number of pyridine rings is 1. The highest BCUT2D eigenvalue weighted by Crippen LogP contribution is 2.42. The van der Waals surface area contributed by atoms with Gasteiger partial charge in [-0.05, 0) is 61.1 Å². The topological polar surface area (TPSA) is 53.9 Å². The van der Waals surface area contributed by atoms with Crippen molar-refractivity contribution in [1.29, 1.82) is 0 Å². The number of rotatable bonds is 5. The van der Waals surface area contributed by atoms with Gasteiger partial charge in [0.05, 0.1) is 16.4 Å². The van der Waals surface area contributed by atoms with Crippen LogP contribution in [0.4, 0.5) is 23.4 Å². The number of likely N-dealkylation sites (tertiary alicyclic amines) is 1. The summed E-state index contributed by atoms with van der Waals surface area (Å²) in [5.41, 5.74) is 0.0119. The molecule has 0 radical (unpaired) electrons. The zero-order valence-electron chi connectivity index (χ0n) is 18.1. The van der Waals surface area contributed by atoms with Crippen LogP contribution in [0, 0.1) is 17.7 Å². The van der Waals surface area contributed by atoms with Crippen LogP contribution in [0.2, 0.25) is 5.02 Å². The monoisotopic (exact) mass is 491 g/mol. The minimum atomic E-state index is -4.65. The predicted molar refractivity (Wildman–Crippen MR) is 121 cm³/mol. The van der Waals surface area contributed by atoms with Gasteiger partial charge in [-0.2, -0.15) is 13.2 Å². The summed E-state index contributed by atoms with van der Waals surface area (Å²) in [6.07, 6.45) is -1.35. The number of aromatic nitrogens is 3. The Bertz CT molecular complexity index is 1160. The molecule has 3 heterocycles. The zero-order valence-corrected chi connectivity index (χ0v) is 18.8. The van der Waals surface area contributed by atoms with Crippen LogP contribution in [-0.2, 0) is 12.7 Å². The van der Waals surface area contributed by atoms with Gasteiger partial charge < -0.3 is 5.32 Å². The minimum absolute atomic E-state index is 0.0645. The third-order valence-electron chi connectivity index (χ3n) is 6.58. The van der Waals surface area contributed by atoms with Gasteiger partial charge in [-0.1, -0.05) is 17.7 Å². The van der Waals surface area contributed by atoms with Crippen LogP contribution >= 0.6 is 11.6 Å². The Hall–Kier alpha value is -2.78. The number of halogens is 5. The fourth-order valence-electron chi connectivity index (χ4n) is 5.10. The fraction of sp³-hybridized carbons (Fsp3) is 0.375. The molecule has 178 valence electrons. The van der Waals surface area contributed by atoms with E-state index in [9.17, 15) is 17.6 Å². The standard InChI is InChI=1S/C24H22ClF4N5/c25-21-5-4-16(26)9-19(21)22-10-20(24(27,28)29)23(33-32-22)31-18-7-14-11-34(12-15(14)8-18)13-17-3-1-2-6-30-17/h1-6,9-10,14-15,18H,7-8,11-13H2,(H,31,33)/t14-,15+,18?. The van der Waals surface area contributed by atoms with E-state index in [0.29, 0.717) is 11.8 Å². The second-order valence-corrected chi connectivity index (χ2v) is 9.37. The number of anilines is 1. The van der Waals surface area contributed by atoms with Crippen molar-refractivity contribution in [2.75, 3.05) is 18.4 Å². The molecule has 1 aliphatic heterocycles.